The van der Waals surface area contributed by atoms with Crippen molar-refractivity contribution in [3.63, 3.8) is 0 Å². The molecule has 8 atom stereocenters. The van der Waals surface area contributed by atoms with Gasteiger partial charge in [0.05, 0.1) is 11.7 Å². The van der Waals surface area contributed by atoms with Gasteiger partial charge in [-0.15, -0.1) is 19.0 Å². The number of nitrogens with two attached hydrogens (primary N) is 1. The first-order chi connectivity index (χ1) is 17.6. The predicted molar refractivity (Wildman–Crippen MR) is 145 cm³/mol. The van der Waals surface area contributed by atoms with Crippen molar-refractivity contribution in [3.05, 3.63) is 12.7 Å². The van der Waals surface area contributed by atoms with E-state index >= 15 is 0 Å². The van der Waals surface area contributed by atoms with Gasteiger partial charge in [-0.25, -0.2) is 4.79 Å². The fraction of sp³-hybridized carbons (Fsp3) is 0.786. The fourth-order valence-electron chi connectivity index (χ4n) is 7.24. The molecule has 1 saturated heterocycles. The molecule has 11 nitrogen and oxygen atoms in total. The number of ether oxygens (including phenoxy) is 4. The Morgan fingerprint density at radius 3 is 2.25 bits per heavy atom. The second kappa shape index (κ2) is 10.7. The van der Waals surface area contributed by atoms with Crippen molar-refractivity contribution in [1.82, 2.24) is 0 Å². The van der Waals surface area contributed by atoms with Gasteiger partial charge in [0.25, 0.3) is 0 Å². The van der Waals surface area contributed by atoms with Crippen LogP contribution in [0.2, 0.25) is 0 Å². The molecule has 1 aliphatic heterocycles. The number of aliphatic hydroxyl groups excluding tert-OH is 1. The molecule has 0 bridgehead atoms. The van der Waals surface area contributed by atoms with Gasteiger partial charge in [0.15, 0.2) is 24.1 Å². The Labute approximate surface area is 241 Å². The minimum absolute atomic E-state index is 0. The van der Waals surface area contributed by atoms with Gasteiger partial charge in [-0.2, -0.15) is 0 Å². The van der Waals surface area contributed by atoms with Crippen LogP contribution in [-0.2, 0) is 38.1 Å². The maximum Gasteiger partial charge on any atom is 0.344 e. The zero-order valence-electron chi connectivity index (χ0n) is 24.6. The van der Waals surface area contributed by atoms with Gasteiger partial charge in [-0.1, -0.05) is 26.8 Å². The van der Waals surface area contributed by atoms with Crippen LogP contribution < -0.4 is 5.73 Å². The first-order valence-electron chi connectivity index (χ1n) is 13.2. The Balaban J connectivity index is 0.00000560. The number of carbonyl (C=O) groups excluding carboxylic acids is 4. The lowest BCUT2D eigenvalue weighted by Crippen LogP contribution is -2.87. The summed E-state index contributed by atoms with van der Waals surface area (Å²) in [6.45, 7) is 15.4. The molecule has 0 aromatic rings. The summed E-state index contributed by atoms with van der Waals surface area (Å²) in [7, 11) is 0. The van der Waals surface area contributed by atoms with E-state index in [1.165, 1.54) is 26.8 Å². The monoisotopic (exact) mass is 589 g/mol. The van der Waals surface area contributed by atoms with Crippen LogP contribution in [-0.4, -0.2) is 81.2 Å². The van der Waals surface area contributed by atoms with Crippen molar-refractivity contribution >= 4 is 36.1 Å². The van der Waals surface area contributed by atoms with Gasteiger partial charge < -0.3 is 34.9 Å². The summed E-state index contributed by atoms with van der Waals surface area (Å²) >= 11 is 0. The topological polar surface area (TPSA) is 172 Å². The summed E-state index contributed by atoms with van der Waals surface area (Å²) in [5, 5.41) is 24.0. The van der Waals surface area contributed by atoms with Gasteiger partial charge in [0, 0.05) is 24.7 Å². The highest BCUT2D eigenvalue weighted by molar-refractivity contribution is 5.92. The molecular weight excluding hydrogens is 546 g/mol. The fourth-order valence-corrected chi connectivity index (χ4v) is 7.24. The Morgan fingerprint density at radius 1 is 1.18 bits per heavy atom. The lowest BCUT2D eigenvalue weighted by atomic mass is 9.39. The molecule has 228 valence electrons. The summed E-state index contributed by atoms with van der Waals surface area (Å²) in [6, 6.07) is 0. The molecule has 0 aromatic carbocycles. The largest absolute Gasteiger partial charge is 0.455 e. The number of fused-ring (bicyclic) bond motifs is 3. The van der Waals surface area contributed by atoms with Gasteiger partial charge in [-0.05, 0) is 46.0 Å². The van der Waals surface area contributed by atoms with Crippen LogP contribution >= 0.6 is 12.4 Å². The molecule has 2 aliphatic carbocycles. The smallest absolute Gasteiger partial charge is 0.344 e. The molecule has 3 aliphatic rings. The van der Waals surface area contributed by atoms with E-state index in [0.29, 0.717) is 6.42 Å². The van der Waals surface area contributed by atoms with E-state index < -0.39 is 87.7 Å². The van der Waals surface area contributed by atoms with Crippen molar-refractivity contribution in [2.45, 2.75) is 115 Å². The molecule has 0 spiro atoms. The molecule has 2 saturated carbocycles. The lowest BCUT2D eigenvalue weighted by molar-refractivity contribution is -0.371. The number of aliphatic hydroxyl groups is 2. The van der Waals surface area contributed by atoms with Crippen LogP contribution in [0.1, 0.15) is 74.7 Å². The summed E-state index contributed by atoms with van der Waals surface area (Å²) < 4.78 is 23.1. The zero-order valence-corrected chi connectivity index (χ0v) is 25.4. The first-order valence-corrected chi connectivity index (χ1v) is 13.2. The SMILES string of the molecule is C=C[C@@]1(C)CC(=O)[C@]2(O)[C@@]3(C)[C@@H](O)CCC(C)(C)[C@@H]3[C@H](OC(=O)COC(=O)C(C)(C)N)[C@H](OC(C)=O)[C@@]2(C)O1.Cl. The van der Waals surface area contributed by atoms with Gasteiger partial charge in [-0.3, -0.25) is 14.4 Å². The second-order valence-electron chi connectivity index (χ2n) is 13.1. The van der Waals surface area contributed by atoms with Gasteiger partial charge in [0.1, 0.15) is 17.2 Å². The quantitative estimate of drug-likeness (QED) is 0.234. The Hall–Kier alpha value is -2.05. The number of hydrogen-bond acceptors (Lipinski definition) is 11. The normalized spacial score (nSPS) is 40.4. The Kier molecular flexibility index (Phi) is 9.10. The molecule has 40 heavy (non-hydrogen) atoms. The minimum Gasteiger partial charge on any atom is -0.455 e. The second-order valence-corrected chi connectivity index (χ2v) is 13.1. The number of rotatable bonds is 6. The molecular formula is C28H44ClNO10. The van der Waals surface area contributed by atoms with Crippen LogP contribution in [0.3, 0.4) is 0 Å². The summed E-state index contributed by atoms with van der Waals surface area (Å²) in [5.74, 6) is -4.05. The van der Waals surface area contributed by atoms with Crippen LogP contribution in [0.4, 0.5) is 0 Å². The van der Waals surface area contributed by atoms with Crippen molar-refractivity contribution in [2.75, 3.05) is 6.61 Å². The maximum absolute atomic E-state index is 14.0. The number of ketones is 1. The van der Waals surface area contributed by atoms with Crippen molar-refractivity contribution in [2.24, 2.45) is 22.5 Å². The van der Waals surface area contributed by atoms with E-state index in [-0.39, 0.29) is 25.2 Å². The molecule has 4 N–H and O–H groups in total. The third-order valence-electron chi connectivity index (χ3n) is 9.11. The highest BCUT2D eigenvalue weighted by atomic mass is 35.5. The van der Waals surface area contributed by atoms with Crippen LogP contribution in [0, 0.1) is 16.7 Å². The number of Topliss-reactive ketones (excluding diaryl/α,β-unsaturated/α-hetero) is 1. The molecule has 3 fully saturated rings. The summed E-state index contributed by atoms with van der Waals surface area (Å²) in [4.78, 5) is 51.7. The summed E-state index contributed by atoms with van der Waals surface area (Å²) in [5.41, 5.74) is -3.50. The summed E-state index contributed by atoms with van der Waals surface area (Å²) in [6.07, 6.45) is -2.07. The van der Waals surface area contributed by atoms with Crippen molar-refractivity contribution < 1.29 is 48.3 Å². The molecule has 0 aromatic heterocycles. The number of esters is 3. The molecule has 0 amide bonds. The molecule has 1 heterocycles. The van der Waals surface area contributed by atoms with Crippen molar-refractivity contribution in [3.8, 4) is 0 Å². The highest BCUT2D eigenvalue weighted by Crippen LogP contribution is 2.67. The van der Waals surface area contributed by atoms with Gasteiger partial charge in [0.2, 0.25) is 0 Å². The van der Waals surface area contributed by atoms with Crippen molar-refractivity contribution in [1.29, 1.82) is 0 Å². The van der Waals surface area contributed by atoms with Crippen LogP contribution in [0.25, 0.3) is 0 Å². The first kappa shape index (κ1) is 34.2. The van der Waals surface area contributed by atoms with E-state index in [2.05, 4.69) is 6.58 Å². The highest BCUT2D eigenvalue weighted by Gasteiger charge is 2.82. The van der Waals surface area contributed by atoms with E-state index in [0.717, 1.165) is 6.92 Å². The molecule has 0 unspecified atom stereocenters. The van der Waals surface area contributed by atoms with E-state index in [4.69, 9.17) is 24.7 Å². The third-order valence-corrected chi connectivity index (χ3v) is 9.11. The zero-order chi connectivity index (χ0) is 30.0. The molecule has 3 rings (SSSR count). The predicted octanol–water partition coefficient (Wildman–Crippen LogP) is 1.77. The number of halogens is 1. The standard InChI is InChI=1S/C28H43NO10.ClH/c1-10-25(7)13-17(32)28(35)26(8)16(31)11-12-23(3,4)20(26)19(21(37-15(2)30)27(28,9)39-25)38-18(33)14-36-22(34)24(5,6)29;/h10,16,19-21,31,35H,1,11-14,29H2,2-9H3;1H/t16-,19-,20-,21-,25-,26-,27+,28-;/m0./s1. The maximum atomic E-state index is 14.0. The van der Waals surface area contributed by atoms with Gasteiger partial charge >= 0.3 is 17.9 Å². The molecule has 12 heteroatoms. The van der Waals surface area contributed by atoms with E-state index in [1.54, 1.807) is 13.8 Å². The number of carbonyl (C=O) groups is 4. The Bertz CT molecular complexity index is 1070. The Morgan fingerprint density at radius 2 is 1.75 bits per heavy atom. The molecule has 0 radical (unpaired) electrons. The van der Waals surface area contributed by atoms with Crippen LogP contribution in [0.15, 0.2) is 12.7 Å². The van der Waals surface area contributed by atoms with E-state index in [9.17, 15) is 29.4 Å². The number of hydrogen-bond donors (Lipinski definition) is 3. The minimum atomic E-state index is -2.34. The lowest BCUT2D eigenvalue weighted by Gasteiger charge is -2.71. The van der Waals surface area contributed by atoms with Crippen LogP contribution in [0.5, 0.6) is 0 Å². The third kappa shape index (κ3) is 5.08. The average molecular weight is 590 g/mol. The average Bonchev–Trinajstić information content (AvgIpc) is 2.79. The van der Waals surface area contributed by atoms with E-state index in [1.807, 2.05) is 13.8 Å².